The van der Waals surface area contributed by atoms with Crippen LogP contribution in [0.2, 0.25) is 0 Å². The predicted molar refractivity (Wildman–Crippen MR) is 125 cm³/mol. The van der Waals surface area contributed by atoms with E-state index in [1.807, 2.05) is 32.9 Å². The summed E-state index contributed by atoms with van der Waals surface area (Å²) in [5.74, 6) is -0.198. The molecule has 0 aliphatic rings. The van der Waals surface area contributed by atoms with E-state index in [1.54, 1.807) is 55.5 Å². The van der Waals surface area contributed by atoms with Crippen molar-refractivity contribution in [1.29, 1.82) is 0 Å². The Labute approximate surface area is 184 Å². The quantitative estimate of drug-likeness (QED) is 0.596. The van der Waals surface area contributed by atoms with Crippen LogP contribution in [-0.2, 0) is 10.0 Å². The second-order valence-corrected chi connectivity index (χ2v) is 9.81. The van der Waals surface area contributed by atoms with Gasteiger partial charge in [-0.2, -0.15) is 0 Å². The minimum absolute atomic E-state index is 0.144. The van der Waals surface area contributed by atoms with Gasteiger partial charge in [0.1, 0.15) is 0 Å². The van der Waals surface area contributed by atoms with Crippen molar-refractivity contribution in [1.82, 2.24) is 5.32 Å². The number of carbonyl (C=O) groups is 1. The van der Waals surface area contributed by atoms with E-state index in [0.29, 0.717) is 16.8 Å². The van der Waals surface area contributed by atoms with Gasteiger partial charge < -0.3 is 5.32 Å². The summed E-state index contributed by atoms with van der Waals surface area (Å²) in [5, 5.41) is 3.03. The maximum absolute atomic E-state index is 12.9. The summed E-state index contributed by atoms with van der Waals surface area (Å²) in [7, 11) is -2.16. The highest BCUT2D eigenvalue weighted by atomic mass is 32.2. The fourth-order valence-electron chi connectivity index (χ4n) is 3.70. The van der Waals surface area contributed by atoms with E-state index in [4.69, 9.17) is 0 Å². The molecular formula is C25H28N2O3S. The molecule has 0 saturated heterocycles. The predicted octanol–water partition coefficient (Wildman–Crippen LogP) is 4.93. The molecule has 0 aliphatic heterocycles. The van der Waals surface area contributed by atoms with Gasteiger partial charge in [0, 0.05) is 12.6 Å². The Morgan fingerprint density at radius 1 is 0.903 bits per heavy atom. The van der Waals surface area contributed by atoms with Gasteiger partial charge in [-0.05, 0) is 74.7 Å². The smallest absolute Gasteiger partial charge is 0.264 e. The van der Waals surface area contributed by atoms with Gasteiger partial charge in [0.2, 0.25) is 0 Å². The molecule has 3 rings (SSSR count). The minimum atomic E-state index is -3.68. The van der Waals surface area contributed by atoms with E-state index in [0.717, 1.165) is 11.1 Å². The van der Waals surface area contributed by atoms with Crippen molar-refractivity contribution >= 4 is 21.6 Å². The van der Waals surface area contributed by atoms with Crippen LogP contribution in [0.15, 0.2) is 71.6 Å². The topological polar surface area (TPSA) is 66.5 Å². The van der Waals surface area contributed by atoms with Crippen LogP contribution < -0.4 is 9.62 Å². The zero-order valence-corrected chi connectivity index (χ0v) is 19.3. The molecule has 0 saturated carbocycles. The molecule has 1 atom stereocenters. The highest BCUT2D eigenvalue weighted by Gasteiger charge is 2.23. The van der Waals surface area contributed by atoms with Crippen molar-refractivity contribution in [2.24, 2.45) is 0 Å². The lowest BCUT2D eigenvalue weighted by Gasteiger charge is -2.22. The average molecular weight is 437 g/mol. The lowest BCUT2D eigenvalue weighted by Crippen LogP contribution is -2.28. The minimum Gasteiger partial charge on any atom is -0.346 e. The number of anilines is 1. The zero-order valence-electron chi connectivity index (χ0n) is 18.5. The van der Waals surface area contributed by atoms with Crippen molar-refractivity contribution in [2.75, 3.05) is 11.4 Å². The second-order valence-electron chi connectivity index (χ2n) is 7.84. The number of carbonyl (C=O) groups excluding carboxylic acids is 1. The van der Waals surface area contributed by atoms with E-state index >= 15 is 0 Å². The first-order valence-corrected chi connectivity index (χ1v) is 11.6. The maximum atomic E-state index is 12.9. The molecule has 162 valence electrons. The van der Waals surface area contributed by atoms with E-state index in [1.165, 1.54) is 16.9 Å². The zero-order chi connectivity index (χ0) is 22.8. The molecule has 0 bridgehead atoms. The molecule has 0 aromatic heterocycles. The van der Waals surface area contributed by atoms with Crippen molar-refractivity contribution in [2.45, 2.75) is 38.6 Å². The molecular weight excluding hydrogens is 408 g/mol. The Balaban J connectivity index is 1.81. The molecule has 3 aromatic rings. The number of sulfonamides is 1. The van der Waals surface area contributed by atoms with Crippen LogP contribution in [0.1, 0.15) is 45.6 Å². The molecule has 1 N–H and O–H groups in total. The molecule has 1 amide bonds. The molecule has 5 nitrogen and oxygen atoms in total. The molecule has 3 aromatic carbocycles. The van der Waals surface area contributed by atoms with Gasteiger partial charge in [0.25, 0.3) is 15.9 Å². The number of hydrogen-bond donors (Lipinski definition) is 1. The third-order valence-corrected chi connectivity index (χ3v) is 7.22. The molecule has 1 unspecified atom stereocenters. The first-order valence-electron chi connectivity index (χ1n) is 10.1. The number of nitrogens with zero attached hydrogens (tertiary/aromatic N) is 1. The monoisotopic (exact) mass is 436 g/mol. The Morgan fingerprint density at radius 2 is 1.58 bits per heavy atom. The summed E-state index contributed by atoms with van der Waals surface area (Å²) < 4.78 is 27.1. The van der Waals surface area contributed by atoms with Crippen LogP contribution in [0.25, 0.3) is 0 Å². The lowest BCUT2D eigenvalue weighted by atomic mass is 10.00. The Morgan fingerprint density at radius 3 is 2.19 bits per heavy atom. The fraction of sp³-hybridized carbons (Fsp3) is 0.240. The largest absolute Gasteiger partial charge is 0.346 e. The molecule has 0 spiro atoms. The maximum Gasteiger partial charge on any atom is 0.264 e. The molecule has 0 aliphatic carbocycles. The molecule has 31 heavy (non-hydrogen) atoms. The van der Waals surface area contributed by atoms with Crippen molar-refractivity contribution in [3.05, 3.63) is 94.5 Å². The summed E-state index contributed by atoms with van der Waals surface area (Å²) in [6.45, 7) is 7.83. The lowest BCUT2D eigenvalue weighted by molar-refractivity contribution is 0.0939. The van der Waals surface area contributed by atoms with Crippen LogP contribution in [0.3, 0.4) is 0 Å². The standard InChI is InChI=1S/C25H28N2O3S/c1-17-11-13-23(18(2)15-17)20(4)26-25(28)21-12-14-24(19(3)16-21)27(5)31(29,30)22-9-7-6-8-10-22/h6-16,20H,1-5H3,(H,26,28). The van der Waals surface area contributed by atoms with Crippen LogP contribution in [-0.4, -0.2) is 21.4 Å². The highest BCUT2D eigenvalue weighted by molar-refractivity contribution is 7.92. The van der Waals surface area contributed by atoms with Gasteiger partial charge in [-0.25, -0.2) is 8.42 Å². The second kappa shape index (κ2) is 8.94. The van der Waals surface area contributed by atoms with Crippen molar-refractivity contribution in [3.8, 4) is 0 Å². The summed E-state index contributed by atoms with van der Waals surface area (Å²) in [4.78, 5) is 13.0. The van der Waals surface area contributed by atoms with Crippen LogP contribution in [0, 0.1) is 20.8 Å². The van der Waals surface area contributed by atoms with Gasteiger partial charge in [0.05, 0.1) is 16.6 Å². The number of benzene rings is 3. The third-order valence-electron chi connectivity index (χ3n) is 5.44. The van der Waals surface area contributed by atoms with E-state index in [9.17, 15) is 13.2 Å². The number of rotatable bonds is 6. The van der Waals surface area contributed by atoms with E-state index < -0.39 is 10.0 Å². The van der Waals surface area contributed by atoms with Gasteiger partial charge in [-0.15, -0.1) is 0 Å². The van der Waals surface area contributed by atoms with Gasteiger partial charge in [-0.1, -0.05) is 42.0 Å². The number of aryl methyl sites for hydroxylation is 3. The number of hydrogen-bond acceptors (Lipinski definition) is 3. The molecule has 6 heteroatoms. The summed E-state index contributed by atoms with van der Waals surface area (Å²) in [6.07, 6.45) is 0. The normalized spacial score (nSPS) is 12.3. The van der Waals surface area contributed by atoms with Crippen LogP contribution in [0.4, 0.5) is 5.69 Å². The molecule has 0 fully saturated rings. The fourth-order valence-corrected chi connectivity index (χ4v) is 4.98. The van der Waals surface area contributed by atoms with Gasteiger partial charge >= 0.3 is 0 Å². The Hall–Kier alpha value is -3.12. The number of nitrogens with one attached hydrogen (secondary N) is 1. The Bertz CT molecular complexity index is 1200. The summed E-state index contributed by atoms with van der Waals surface area (Å²) in [6, 6.07) is 19.4. The Kier molecular flexibility index (Phi) is 6.51. The highest BCUT2D eigenvalue weighted by Crippen LogP contribution is 2.26. The van der Waals surface area contributed by atoms with Gasteiger partial charge in [-0.3, -0.25) is 9.10 Å². The van der Waals surface area contributed by atoms with Gasteiger partial charge in [0.15, 0.2) is 0 Å². The third kappa shape index (κ3) is 4.80. The molecule has 0 radical (unpaired) electrons. The summed E-state index contributed by atoms with van der Waals surface area (Å²) >= 11 is 0. The van der Waals surface area contributed by atoms with Crippen molar-refractivity contribution in [3.63, 3.8) is 0 Å². The van der Waals surface area contributed by atoms with Crippen molar-refractivity contribution < 1.29 is 13.2 Å². The first-order chi connectivity index (χ1) is 14.6. The van der Waals surface area contributed by atoms with Crippen LogP contribution in [0.5, 0.6) is 0 Å². The average Bonchev–Trinajstić information content (AvgIpc) is 2.73. The number of amides is 1. The van der Waals surface area contributed by atoms with Crippen LogP contribution >= 0.6 is 0 Å². The van der Waals surface area contributed by atoms with E-state index in [-0.39, 0.29) is 16.8 Å². The SMILES string of the molecule is Cc1ccc(C(C)NC(=O)c2ccc(N(C)S(=O)(=O)c3ccccc3)c(C)c2)c(C)c1. The van der Waals surface area contributed by atoms with E-state index in [2.05, 4.69) is 11.4 Å². The first kappa shape index (κ1) is 22.6. The molecule has 0 heterocycles. The summed E-state index contributed by atoms with van der Waals surface area (Å²) in [5.41, 5.74) is 5.11.